The van der Waals surface area contributed by atoms with Gasteiger partial charge in [0.25, 0.3) is 0 Å². The number of fused-ring (bicyclic) bond motifs is 2. The molecule has 0 aliphatic heterocycles. The van der Waals surface area contributed by atoms with Crippen LogP contribution in [0.2, 0.25) is 0 Å². The van der Waals surface area contributed by atoms with E-state index < -0.39 is 16.3 Å². The molecule has 0 heterocycles. The van der Waals surface area contributed by atoms with Crippen molar-refractivity contribution < 1.29 is 9.05 Å². The standard InChI is InChI=1S/C31H30O2P2/c1-5-13-26(14-6-1)34(27-15-7-2-8-16-27)32-30-22-25-21-24(30)23-31(25)33-35(28-17-9-3-10-18-28)29-19-11-4-12-20-29/h1-20,24-25,30-31H,21-23H2. The molecule has 0 spiro atoms. The summed E-state index contributed by atoms with van der Waals surface area (Å²) < 4.78 is 13.9. The van der Waals surface area contributed by atoms with Gasteiger partial charge in [0, 0.05) is 21.2 Å². The summed E-state index contributed by atoms with van der Waals surface area (Å²) in [7, 11) is -1.63. The van der Waals surface area contributed by atoms with Crippen molar-refractivity contribution in [3.8, 4) is 0 Å². The molecule has 6 rings (SSSR count). The summed E-state index contributed by atoms with van der Waals surface area (Å²) in [6, 6.07) is 43.0. The predicted octanol–water partition coefficient (Wildman–Crippen LogP) is 6.28. The van der Waals surface area contributed by atoms with Gasteiger partial charge in [-0.2, -0.15) is 0 Å². The Kier molecular flexibility index (Phi) is 7.08. The van der Waals surface area contributed by atoms with Crippen LogP contribution < -0.4 is 21.2 Å². The van der Waals surface area contributed by atoms with E-state index in [1.807, 2.05) is 0 Å². The molecule has 2 fully saturated rings. The van der Waals surface area contributed by atoms with Crippen LogP contribution in [0.15, 0.2) is 121 Å². The lowest BCUT2D eigenvalue weighted by Crippen LogP contribution is -2.31. The first-order valence-corrected chi connectivity index (χ1v) is 15.0. The summed E-state index contributed by atoms with van der Waals surface area (Å²) in [6.45, 7) is 0. The van der Waals surface area contributed by atoms with E-state index in [1.165, 1.54) is 27.6 Å². The minimum atomic E-state index is -0.814. The molecule has 4 unspecified atom stereocenters. The second-order valence-electron chi connectivity index (χ2n) is 9.45. The molecule has 4 heteroatoms. The van der Waals surface area contributed by atoms with E-state index in [9.17, 15) is 0 Å². The molecule has 35 heavy (non-hydrogen) atoms. The SMILES string of the molecule is c1ccc(P(OC2CC3CC2CC3OP(c2ccccc2)c2ccccc2)c2ccccc2)cc1. The molecule has 2 aliphatic rings. The summed E-state index contributed by atoms with van der Waals surface area (Å²) in [5, 5.41) is 5.17. The van der Waals surface area contributed by atoms with E-state index in [1.54, 1.807) is 0 Å². The third kappa shape index (κ3) is 5.13. The van der Waals surface area contributed by atoms with Crippen LogP contribution in [0.25, 0.3) is 0 Å². The highest BCUT2D eigenvalue weighted by atomic mass is 31.1. The van der Waals surface area contributed by atoms with Gasteiger partial charge >= 0.3 is 0 Å². The van der Waals surface area contributed by atoms with E-state index >= 15 is 0 Å². The highest BCUT2D eigenvalue weighted by molar-refractivity contribution is 7.68. The molecule has 0 aromatic heterocycles. The monoisotopic (exact) mass is 496 g/mol. The van der Waals surface area contributed by atoms with Gasteiger partial charge in [-0.05, 0) is 31.1 Å². The van der Waals surface area contributed by atoms with Crippen molar-refractivity contribution in [3.63, 3.8) is 0 Å². The van der Waals surface area contributed by atoms with Gasteiger partial charge in [-0.1, -0.05) is 121 Å². The Morgan fingerprint density at radius 3 is 0.943 bits per heavy atom. The zero-order valence-electron chi connectivity index (χ0n) is 19.7. The molecule has 0 N–H and O–H groups in total. The maximum atomic E-state index is 6.95. The largest absolute Gasteiger partial charge is 0.346 e. The number of benzene rings is 4. The van der Waals surface area contributed by atoms with Crippen molar-refractivity contribution >= 4 is 37.5 Å². The lowest BCUT2D eigenvalue weighted by Gasteiger charge is -2.33. The van der Waals surface area contributed by atoms with Gasteiger partial charge in [0.15, 0.2) is 0 Å². The Morgan fingerprint density at radius 1 is 0.400 bits per heavy atom. The van der Waals surface area contributed by atoms with Crippen LogP contribution in [0.5, 0.6) is 0 Å². The average Bonchev–Trinajstić information content (AvgIpc) is 3.52. The van der Waals surface area contributed by atoms with Crippen molar-refractivity contribution in [3.05, 3.63) is 121 Å². The molecule has 0 amide bonds. The molecule has 2 saturated carbocycles. The zero-order chi connectivity index (χ0) is 23.5. The van der Waals surface area contributed by atoms with Crippen molar-refractivity contribution in [2.75, 3.05) is 0 Å². The molecular weight excluding hydrogens is 466 g/mol. The van der Waals surface area contributed by atoms with E-state index in [0.717, 1.165) is 12.8 Å². The Bertz CT molecular complexity index is 1030. The molecule has 4 atom stereocenters. The van der Waals surface area contributed by atoms with E-state index in [0.29, 0.717) is 24.0 Å². The molecule has 176 valence electrons. The minimum Gasteiger partial charge on any atom is -0.346 e. The van der Waals surface area contributed by atoms with E-state index in [4.69, 9.17) is 9.05 Å². The Morgan fingerprint density at radius 2 is 0.686 bits per heavy atom. The molecule has 4 aromatic rings. The van der Waals surface area contributed by atoms with Crippen molar-refractivity contribution in [2.24, 2.45) is 11.8 Å². The number of rotatable bonds is 8. The van der Waals surface area contributed by atoms with Crippen LogP contribution in [0, 0.1) is 11.8 Å². The average molecular weight is 497 g/mol. The molecule has 2 bridgehead atoms. The topological polar surface area (TPSA) is 18.5 Å². The van der Waals surface area contributed by atoms with Crippen LogP contribution in [-0.4, -0.2) is 12.2 Å². The fourth-order valence-corrected chi connectivity index (χ4v) is 9.41. The molecule has 0 saturated heterocycles. The normalized spacial score (nSPS) is 23.3. The van der Waals surface area contributed by atoms with Gasteiger partial charge in [0.1, 0.15) is 0 Å². The third-order valence-corrected chi connectivity index (χ3v) is 11.2. The zero-order valence-corrected chi connectivity index (χ0v) is 21.5. The number of hydrogen-bond donors (Lipinski definition) is 0. The first kappa shape index (κ1) is 23.1. The number of hydrogen-bond acceptors (Lipinski definition) is 2. The Hall–Kier alpha value is -2.34. The predicted molar refractivity (Wildman–Crippen MR) is 149 cm³/mol. The maximum Gasteiger partial charge on any atom is 0.0921 e. The van der Waals surface area contributed by atoms with Crippen LogP contribution in [0.4, 0.5) is 0 Å². The van der Waals surface area contributed by atoms with Crippen molar-refractivity contribution in [2.45, 2.75) is 31.5 Å². The fraction of sp³-hybridized carbons (Fsp3) is 0.226. The summed E-state index contributed by atoms with van der Waals surface area (Å²) in [5.74, 6) is 1.15. The first-order chi connectivity index (χ1) is 17.3. The molecule has 2 nitrogen and oxygen atoms in total. The Labute approximate surface area is 211 Å². The molecule has 0 radical (unpaired) electrons. The molecular formula is C31H30O2P2. The van der Waals surface area contributed by atoms with Gasteiger partial charge in [0.05, 0.1) is 28.5 Å². The Balaban J connectivity index is 1.18. The highest BCUT2D eigenvalue weighted by Gasteiger charge is 2.48. The fourth-order valence-electron chi connectivity index (χ4n) is 5.49. The van der Waals surface area contributed by atoms with Gasteiger partial charge in [-0.3, -0.25) is 0 Å². The van der Waals surface area contributed by atoms with Crippen molar-refractivity contribution in [1.82, 2.24) is 0 Å². The highest BCUT2D eigenvalue weighted by Crippen LogP contribution is 2.54. The van der Waals surface area contributed by atoms with Gasteiger partial charge < -0.3 is 9.05 Å². The second kappa shape index (κ2) is 10.7. The molecule has 4 aromatic carbocycles. The van der Waals surface area contributed by atoms with E-state index in [-0.39, 0.29) is 0 Å². The van der Waals surface area contributed by atoms with Gasteiger partial charge in [0.2, 0.25) is 0 Å². The minimum absolute atomic E-state index is 0.311. The van der Waals surface area contributed by atoms with Crippen LogP contribution in [-0.2, 0) is 9.05 Å². The maximum absolute atomic E-state index is 6.95. The third-order valence-electron chi connectivity index (χ3n) is 7.17. The van der Waals surface area contributed by atoms with Gasteiger partial charge in [-0.15, -0.1) is 0 Å². The van der Waals surface area contributed by atoms with Crippen LogP contribution in [0.1, 0.15) is 19.3 Å². The smallest absolute Gasteiger partial charge is 0.0921 e. The summed E-state index contributed by atoms with van der Waals surface area (Å²) in [5.41, 5.74) is 0. The lowest BCUT2D eigenvalue weighted by atomic mass is 9.95. The van der Waals surface area contributed by atoms with Crippen LogP contribution in [0.3, 0.4) is 0 Å². The van der Waals surface area contributed by atoms with Crippen LogP contribution >= 0.6 is 16.3 Å². The van der Waals surface area contributed by atoms with Gasteiger partial charge in [-0.25, -0.2) is 0 Å². The lowest BCUT2D eigenvalue weighted by molar-refractivity contribution is 0.0887. The first-order valence-electron chi connectivity index (χ1n) is 12.5. The molecule has 2 aliphatic carbocycles. The summed E-state index contributed by atoms with van der Waals surface area (Å²) in [6.07, 6.45) is 4.04. The quantitative estimate of drug-likeness (QED) is 0.267. The second-order valence-corrected chi connectivity index (χ2v) is 13.1. The summed E-state index contributed by atoms with van der Waals surface area (Å²) >= 11 is 0. The van der Waals surface area contributed by atoms with Crippen molar-refractivity contribution in [1.29, 1.82) is 0 Å². The summed E-state index contributed by atoms with van der Waals surface area (Å²) in [4.78, 5) is 0. The van der Waals surface area contributed by atoms with E-state index in [2.05, 4.69) is 121 Å².